The molecule has 0 fully saturated rings. The zero-order chi connectivity index (χ0) is 15.7. The van der Waals surface area contributed by atoms with Crippen molar-refractivity contribution in [3.63, 3.8) is 0 Å². The molecule has 0 unspecified atom stereocenters. The van der Waals surface area contributed by atoms with E-state index in [0.717, 1.165) is 5.56 Å². The number of halogens is 1. The van der Waals surface area contributed by atoms with E-state index in [-0.39, 0.29) is 18.5 Å². The van der Waals surface area contributed by atoms with Gasteiger partial charge in [0.2, 0.25) is 0 Å². The fraction of sp³-hybridized carbons (Fsp3) is 0.176. The van der Waals surface area contributed by atoms with Crippen molar-refractivity contribution in [2.75, 3.05) is 5.32 Å². The van der Waals surface area contributed by atoms with Crippen molar-refractivity contribution < 1.29 is 5.11 Å². The van der Waals surface area contributed by atoms with Crippen molar-refractivity contribution in [2.24, 2.45) is 0 Å². The average Bonchev–Trinajstić information content (AvgIpc) is 2.47. The highest BCUT2D eigenvalue weighted by molar-refractivity contribution is 6.30. The molecule has 0 atom stereocenters. The maximum Gasteiger partial charge on any atom is 0.265 e. The fourth-order valence-corrected chi connectivity index (χ4v) is 2.42. The Hall–Kier alpha value is -2.37. The lowest BCUT2D eigenvalue weighted by molar-refractivity contribution is 0.280. The zero-order valence-electron chi connectivity index (χ0n) is 11.9. The molecule has 0 aliphatic heterocycles. The lowest BCUT2D eigenvalue weighted by Crippen LogP contribution is -2.21. The van der Waals surface area contributed by atoms with Crippen molar-refractivity contribution in [3.8, 4) is 0 Å². The zero-order valence-corrected chi connectivity index (χ0v) is 12.6. The highest BCUT2D eigenvalue weighted by Gasteiger charge is 2.12. The van der Waals surface area contributed by atoms with Crippen molar-refractivity contribution in [3.05, 3.63) is 69.1 Å². The van der Waals surface area contributed by atoms with Gasteiger partial charge in [0, 0.05) is 16.9 Å². The third-order valence-corrected chi connectivity index (χ3v) is 3.56. The van der Waals surface area contributed by atoms with Gasteiger partial charge in [-0.3, -0.25) is 9.20 Å². The van der Waals surface area contributed by atoms with Crippen LogP contribution in [0.4, 0.5) is 11.5 Å². The molecule has 5 nitrogen and oxygen atoms in total. The molecule has 0 bridgehead atoms. The van der Waals surface area contributed by atoms with Gasteiger partial charge in [0.25, 0.3) is 5.56 Å². The number of hydrogen-bond acceptors (Lipinski definition) is 4. The topological polar surface area (TPSA) is 66.6 Å². The molecule has 6 heteroatoms. The number of nitrogens with one attached hydrogen (secondary N) is 1. The van der Waals surface area contributed by atoms with Crippen molar-refractivity contribution in [2.45, 2.75) is 21.0 Å². The molecular weight excluding hydrogens is 314 g/mol. The van der Waals surface area contributed by atoms with Gasteiger partial charge >= 0.3 is 0 Å². The molecule has 0 radical (unpaired) electrons. The minimum atomic E-state index is -0.397. The number of aromatic nitrogens is 2. The first-order valence-electron chi connectivity index (χ1n) is 6.74. The van der Waals surface area contributed by atoms with E-state index in [2.05, 4.69) is 10.3 Å². The van der Waals surface area contributed by atoms with Crippen molar-refractivity contribution in [1.82, 2.24) is 9.38 Å². The smallest absolute Gasteiger partial charge is 0.265 e. The summed E-state index contributed by atoms with van der Waals surface area (Å²) >= 11 is 5.96. The summed E-state index contributed by atoms with van der Waals surface area (Å²) in [5, 5.41) is 13.1. The molecule has 3 aromatic rings. The van der Waals surface area contributed by atoms with Crippen LogP contribution in [0.3, 0.4) is 0 Å². The summed E-state index contributed by atoms with van der Waals surface area (Å²) in [4.78, 5) is 16.9. The molecule has 2 N–H and O–H groups in total. The largest absolute Gasteiger partial charge is 0.391 e. The Balaban J connectivity index is 0.00000192. The molecule has 23 heavy (non-hydrogen) atoms. The molecule has 0 saturated heterocycles. The van der Waals surface area contributed by atoms with Crippen LogP contribution in [0.15, 0.2) is 47.4 Å². The maximum atomic E-state index is 12.4. The number of fused-ring (bicyclic) bond motifs is 1. The number of hydrogen-bond donors (Lipinski definition) is 2. The number of anilines is 2. The first kappa shape index (κ1) is 17.0. The van der Waals surface area contributed by atoms with Crippen LogP contribution in [-0.4, -0.2) is 14.5 Å². The van der Waals surface area contributed by atoms with Crippen molar-refractivity contribution in [1.29, 1.82) is 0 Å². The summed E-state index contributed by atoms with van der Waals surface area (Å²) in [6.07, 6.45) is 1.66. The van der Waals surface area contributed by atoms with E-state index >= 15 is 0 Å². The Bertz CT molecular complexity index is 906. The Kier molecular flexibility index (Phi) is 5.03. The van der Waals surface area contributed by atoms with E-state index in [1.54, 1.807) is 24.4 Å². The Labute approximate surface area is 139 Å². The number of aliphatic hydroxyl groups excluding tert-OH is 1. The summed E-state index contributed by atoms with van der Waals surface area (Å²) in [5.41, 5.74) is 2.13. The SMILES string of the molecule is C.Cc1ccn2c(=O)c(CO)c(Nc3cccc(Cl)c3)nc2c1. The summed E-state index contributed by atoms with van der Waals surface area (Å²) < 4.78 is 1.42. The van der Waals surface area contributed by atoms with Crippen LogP contribution in [0.1, 0.15) is 18.6 Å². The van der Waals surface area contributed by atoms with Crippen LogP contribution in [0.5, 0.6) is 0 Å². The van der Waals surface area contributed by atoms with Crippen LogP contribution in [0.25, 0.3) is 5.65 Å². The second-order valence-corrected chi connectivity index (χ2v) is 5.41. The van der Waals surface area contributed by atoms with Gasteiger partial charge in [-0.15, -0.1) is 0 Å². The number of benzene rings is 1. The number of aryl methyl sites for hydroxylation is 1. The van der Waals surface area contributed by atoms with Crippen LogP contribution in [-0.2, 0) is 6.61 Å². The standard InChI is InChI=1S/C16H14ClN3O2.CH4/c1-10-5-6-20-14(7-10)19-15(13(9-21)16(20)22)18-12-4-2-3-11(17)8-12;/h2-8,18,21H,9H2,1H3;1H4. The lowest BCUT2D eigenvalue weighted by Gasteiger charge is -2.12. The third kappa shape index (κ3) is 3.36. The van der Waals surface area contributed by atoms with Gasteiger partial charge in [0.15, 0.2) is 0 Å². The predicted molar refractivity (Wildman–Crippen MR) is 93.6 cm³/mol. The third-order valence-electron chi connectivity index (χ3n) is 3.32. The van der Waals surface area contributed by atoms with Gasteiger partial charge in [0.05, 0.1) is 12.2 Å². The van der Waals surface area contributed by atoms with Gasteiger partial charge in [-0.05, 0) is 42.8 Å². The van der Waals surface area contributed by atoms with Crippen LogP contribution in [0.2, 0.25) is 5.02 Å². The number of nitrogens with zero attached hydrogens (tertiary/aromatic N) is 2. The van der Waals surface area contributed by atoms with Gasteiger partial charge in [0.1, 0.15) is 11.5 Å². The molecule has 0 aliphatic carbocycles. The summed E-state index contributed by atoms with van der Waals surface area (Å²) in [5.74, 6) is 0.334. The maximum absolute atomic E-state index is 12.4. The van der Waals surface area contributed by atoms with E-state index in [9.17, 15) is 9.90 Å². The predicted octanol–water partition coefficient (Wildman–Crippen LogP) is 3.53. The normalized spacial score (nSPS) is 10.4. The molecule has 120 valence electrons. The van der Waals surface area contributed by atoms with Gasteiger partial charge < -0.3 is 10.4 Å². The molecule has 0 spiro atoms. The monoisotopic (exact) mass is 331 g/mol. The Morgan fingerprint density at radius 1 is 1.30 bits per heavy atom. The van der Waals surface area contributed by atoms with Gasteiger partial charge in [-0.2, -0.15) is 0 Å². The molecule has 0 aliphatic rings. The second-order valence-electron chi connectivity index (χ2n) is 4.97. The summed E-state index contributed by atoms with van der Waals surface area (Å²) in [7, 11) is 0. The molecular formula is C17H18ClN3O2. The molecule has 0 amide bonds. The minimum absolute atomic E-state index is 0. The van der Waals surface area contributed by atoms with E-state index in [4.69, 9.17) is 11.6 Å². The number of aliphatic hydroxyl groups is 1. The number of pyridine rings is 1. The minimum Gasteiger partial charge on any atom is -0.391 e. The van der Waals surface area contributed by atoms with Crippen molar-refractivity contribution >= 4 is 28.8 Å². The Morgan fingerprint density at radius 2 is 2.09 bits per heavy atom. The first-order valence-corrected chi connectivity index (χ1v) is 7.11. The molecule has 1 aromatic carbocycles. The average molecular weight is 332 g/mol. The molecule has 2 aromatic heterocycles. The first-order chi connectivity index (χ1) is 10.6. The van der Waals surface area contributed by atoms with E-state index in [1.165, 1.54) is 4.40 Å². The Morgan fingerprint density at radius 3 is 2.78 bits per heavy atom. The van der Waals surface area contributed by atoms with E-state index in [0.29, 0.717) is 22.2 Å². The quantitative estimate of drug-likeness (QED) is 0.770. The second kappa shape index (κ2) is 6.81. The lowest BCUT2D eigenvalue weighted by atomic mass is 10.2. The van der Waals surface area contributed by atoms with Crippen LogP contribution in [0, 0.1) is 6.92 Å². The highest BCUT2D eigenvalue weighted by atomic mass is 35.5. The highest BCUT2D eigenvalue weighted by Crippen LogP contribution is 2.21. The summed E-state index contributed by atoms with van der Waals surface area (Å²) in [6, 6.07) is 10.7. The molecule has 2 heterocycles. The van der Waals surface area contributed by atoms with E-state index < -0.39 is 6.61 Å². The molecule has 0 saturated carbocycles. The van der Waals surface area contributed by atoms with E-state index in [1.807, 2.05) is 25.1 Å². The molecule has 3 rings (SSSR count). The van der Waals surface area contributed by atoms with Crippen LogP contribution < -0.4 is 10.9 Å². The van der Waals surface area contributed by atoms with Crippen LogP contribution >= 0.6 is 11.6 Å². The van der Waals surface area contributed by atoms with Gasteiger partial charge in [-0.1, -0.05) is 25.1 Å². The van der Waals surface area contributed by atoms with Gasteiger partial charge in [-0.25, -0.2) is 4.98 Å². The summed E-state index contributed by atoms with van der Waals surface area (Å²) in [6.45, 7) is 1.53. The fourth-order valence-electron chi connectivity index (χ4n) is 2.23. The number of rotatable bonds is 3.